The maximum absolute atomic E-state index is 13.4. The van der Waals surface area contributed by atoms with Crippen LogP contribution in [0.15, 0.2) is 47.5 Å². The highest BCUT2D eigenvalue weighted by atomic mass is 35.5. The van der Waals surface area contributed by atoms with Gasteiger partial charge in [0.1, 0.15) is 5.75 Å². The first-order valence-corrected chi connectivity index (χ1v) is 12.2. The summed E-state index contributed by atoms with van der Waals surface area (Å²) < 4.78 is 10.3. The van der Waals surface area contributed by atoms with Gasteiger partial charge in [-0.05, 0) is 56.7 Å². The first-order chi connectivity index (χ1) is 17.4. The molecule has 0 saturated heterocycles. The Kier molecular flexibility index (Phi) is 11.2. The molecule has 3 N–H and O–H groups in total. The molecule has 0 unspecified atom stereocenters. The first-order valence-electron chi connectivity index (χ1n) is 11.4. The van der Waals surface area contributed by atoms with Crippen LogP contribution in [-0.2, 0) is 20.9 Å². The Hall–Kier alpha value is -3.34. The summed E-state index contributed by atoms with van der Waals surface area (Å²) in [7, 11) is 1.26. The fourth-order valence-corrected chi connectivity index (χ4v) is 3.43. The van der Waals surface area contributed by atoms with E-state index in [0.29, 0.717) is 27.0 Å². The molecule has 0 radical (unpaired) electrons. The average molecular weight is 552 g/mol. The van der Waals surface area contributed by atoms with Crippen molar-refractivity contribution < 1.29 is 23.9 Å². The molecule has 0 fully saturated rings. The molecule has 37 heavy (non-hydrogen) atoms. The third-order valence-electron chi connectivity index (χ3n) is 4.87. The van der Waals surface area contributed by atoms with E-state index < -0.39 is 23.9 Å². The fourth-order valence-electron chi connectivity index (χ4n) is 3.09. The minimum atomic E-state index is -0.646. The molecule has 0 aliphatic rings. The molecular weight excluding hydrogens is 521 g/mol. The van der Waals surface area contributed by atoms with Crippen LogP contribution >= 0.6 is 23.2 Å². The number of halogens is 2. The first kappa shape index (κ1) is 29.9. The number of guanidine groups is 1. The van der Waals surface area contributed by atoms with Crippen LogP contribution in [0.25, 0.3) is 0 Å². The number of amides is 3. The Morgan fingerprint density at radius 1 is 1.08 bits per heavy atom. The molecule has 0 heterocycles. The van der Waals surface area contributed by atoms with E-state index in [4.69, 9.17) is 33.8 Å². The van der Waals surface area contributed by atoms with Crippen LogP contribution in [0, 0.1) is 0 Å². The van der Waals surface area contributed by atoms with Crippen molar-refractivity contribution in [1.82, 2.24) is 15.2 Å². The predicted molar refractivity (Wildman–Crippen MR) is 143 cm³/mol. The average Bonchev–Trinajstić information content (AvgIpc) is 2.83. The number of benzene rings is 2. The highest BCUT2D eigenvalue weighted by Crippen LogP contribution is 2.30. The van der Waals surface area contributed by atoms with Crippen molar-refractivity contribution >= 4 is 52.8 Å². The van der Waals surface area contributed by atoms with Crippen LogP contribution in [0.2, 0.25) is 10.0 Å². The predicted octanol–water partition coefficient (Wildman–Crippen LogP) is 4.65. The van der Waals surface area contributed by atoms with Gasteiger partial charge in [-0.25, -0.2) is 20.6 Å². The number of nitrogens with zero attached hydrogens (tertiary/aromatic N) is 3. The van der Waals surface area contributed by atoms with E-state index in [9.17, 15) is 14.4 Å². The molecule has 1 atom stereocenters. The Morgan fingerprint density at radius 2 is 1.73 bits per heavy atom. The van der Waals surface area contributed by atoms with E-state index >= 15 is 0 Å². The number of nitrogens with one attached hydrogen (secondary N) is 1. The zero-order valence-electron chi connectivity index (χ0n) is 21.3. The number of ether oxygens (including phenoxy) is 2. The molecule has 2 rings (SSSR count). The molecule has 0 bridgehead atoms. The SMILES string of the molecule is COC(=O)C[C@@H](C)NC(=O)N(Cc1ccc(Cl)cc1)/C(=N/c1ccc(OC(C)C)c(Cl)c1)N(N)C(C)=O. The second-order valence-corrected chi connectivity index (χ2v) is 9.27. The molecule has 0 aliphatic carbocycles. The maximum atomic E-state index is 13.4. The Labute approximate surface area is 226 Å². The van der Waals surface area contributed by atoms with E-state index in [0.717, 1.165) is 5.01 Å². The molecule has 200 valence electrons. The monoisotopic (exact) mass is 551 g/mol. The largest absolute Gasteiger partial charge is 0.489 e. The zero-order chi connectivity index (χ0) is 27.7. The van der Waals surface area contributed by atoms with Crippen LogP contribution < -0.4 is 15.9 Å². The van der Waals surface area contributed by atoms with Crippen molar-refractivity contribution in [2.24, 2.45) is 10.8 Å². The van der Waals surface area contributed by atoms with Crippen LogP contribution in [0.5, 0.6) is 5.75 Å². The molecule has 0 saturated carbocycles. The summed E-state index contributed by atoms with van der Waals surface area (Å²) in [5.74, 6) is 5.30. The molecule has 2 aromatic rings. The van der Waals surface area contributed by atoms with Gasteiger partial charge >= 0.3 is 12.0 Å². The van der Waals surface area contributed by atoms with Crippen molar-refractivity contribution in [3.05, 3.63) is 58.1 Å². The molecule has 0 aliphatic heterocycles. The van der Waals surface area contributed by atoms with Gasteiger partial charge in [0.2, 0.25) is 11.9 Å². The van der Waals surface area contributed by atoms with Crippen LogP contribution in [0.3, 0.4) is 0 Å². The third-order valence-corrected chi connectivity index (χ3v) is 5.42. The van der Waals surface area contributed by atoms with Gasteiger partial charge in [-0.1, -0.05) is 35.3 Å². The van der Waals surface area contributed by atoms with Gasteiger partial charge in [0.25, 0.3) is 0 Å². The number of hydrazine groups is 1. The molecule has 10 nitrogen and oxygen atoms in total. The Morgan fingerprint density at radius 3 is 2.27 bits per heavy atom. The standard InChI is InChI=1S/C25H31Cl2N5O5/c1-15(2)37-22-11-10-20(13-21(22)27)30-24(32(28)17(4)33)31(14-18-6-8-19(26)9-7-18)25(35)29-16(3)12-23(34)36-5/h6-11,13,15-16H,12,14,28H2,1-5H3,(H,29,35)/b30-24-/t16-/m1/s1. The van der Waals surface area contributed by atoms with Gasteiger partial charge in [-0.2, -0.15) is 0 Å². The number of rotatable bonds is 8. The van der Waals surface area contributed by atoms with Crippen LogP contribution in [0.1, 0.15) is 39.7 Å². The van der Waals surface area contributed by atoms with E-state index in [2.05, 4.69) is 15.0 Å². The van der Waals surface area contributed by atoms with Crippen molar-refractivity contribution in [3.8, 4) is 5.75 Å². The number of esters is 1. The molecule has 3 amide bonds. The lowest BCUT2D eigenvalue weighted by atomic mass is 10.2. The lowest BCUT2D eigenvalue weighted by Gasteiger charge is -2.30. The van der Waals surface area contributed by atoms with E-state index in [1.165, 1.54) is 25.0 Å². The van der Waals surface area contributed by atoms with Crippen LogP contribution in [-0.4, -0.2) is 53.0 Å². The summed E-state index contributed by atoms with van der Waals surface area (Å²) in [6.07, 6.45) is -0.152. The number of methoxy groups -OCH3 is 1. The smallest absolute Gasteiger partial charge is 0.324 e. The molecular formula is C25H31Cl2N5O5. The highest BCUT2D eigenvalue weighted by molar-refractivity contribution is 6.32. The Balaban J connectivity index is 2.53. The van der Waals surface area contributed by atoms with Crippen molar-refractivity contribution in [2.45, 2.75) is 52.8 Å². The van der Waals surface area contributed by atoms with E-state index in [1.54, 1.807) is 43.3 Å². The number of nitrogens with two attached hydrogens (primary N) is 1. The zero-order valence-corrected chi connectivity index (χ0v) is 22.8. The van der Waals surface area contributed by atoms with Crippen molar-refractivity contribution in [3.63, 3.8) is 0 Å². The number of hydrogen-bond donors (Lipinski definition) is 2. The van der Waals surface area contributed by atoms with Crippen LogP contribution in [0.4, 0.5) is 10.5 Å². The quantitative estimate of drug-likeness (QED) is 0.123. The normalized spacial score (nSPS) is 12.1. The van der Waals surface area contributed by atoms with Gasteiger partial charge in [0.15, 0.2) is 0 Å². The van der Waals surface area contributed by atoms with Crippen molar-refractivity contribution in [2.75, 3.05) is 7.11 Å². The molecule has 0 aromatic heterocycles. The van der Waals surface area contributed by atoms with E-state index in [1.807, 2.05) is 13.8 Å². The highest BCUT2D eigenvalue weighted by Gasteiger charge is 2.27. The van der Waals surface area contributed by atoms with Gasteiger partial charge < -0.3 is 14.8 Å². The van der Waals surface area contributed by atoms with Gasteiger partial charge in [-0.15, -0.1) is 0 Å². The molecule has 12 heteroatoms. The summed E-state index contributed by atoms with van der Waals surface area (Å²) in [4.78, 5) is 43.0. The maximum Gasteiger partial charge on any atom is 0.324 e. The van der Waals surface area contributed by atoms with Gasteiger partial charge in [0.05, 0.1) is 36.9 Å². The van der Waals surface area contributed by atoms with Gasteiger partial charge in [0, 0.05) is 18.0 Å². The number of carbonyl (C=O) groups is 3. The number of aliphatic imine (C=N–C) groups is 1. The fraction of sp³-hybridized carbons (Fsp3) is 0.360. The van der Waals surface area contributed by atoms with E-state index in [-0.39, 0.29) is 25.0 Å². The summed E-state index contributed by atoms with van der Waals surface area (Å²) in [6, 6.07) is 10.3. The third kappa shape index (κ3) is 9.23. The lowest BCUT2D eigenvalue weighted by Crippen LogP contribution is -2.55. The summed E-state index contributed by atoms with van der Waals surface area (Å²) in [6.45, 7) is 6.60. The summed E-state index contributed by atoms with van der Waals surface area (Å²) in [5.41, 5.74) is 1.01. The Bertz CT molecular complexity index is 1140. The minimum absolute atomic E-state index is 0.0178. The number of urea groups is 1. The molecule has 2 aromatic carbocycles. The molecule has 0 spiro atoms. The topological polar surface area (TPSA) is 127 Å². The number of hydrogen-bond acceptors (Lipinski definition) is 7. The lowest BCUT2D eigenvalue weighted by molar-refractivity contribution is -0.141. The summed E-state index contributed by atoms with van der Waals surface area (Å²) in [5, 5.41) is 4.28. The van der Waals surface area contributed by atoms with Crippen molar-refractivity contribution in [1.29, 1.82) is 0 Å². The minimum Gasteiger partial charge on any atom is -0.489 e. The summed E-state index contributed by atoms with van der Waals surface area (Å²) >= 11 is 12.4. The second kappa shape index (κ2) is 13.8. The number of carbonyl (C=O) groups excluding carboxylic acids is 3. The second-order valence-electron chi connectivity index (χ2n) is 8.43. The van der Waals surface area contributed by atoms with Gasteiger partial charge in [-0.3, -0.25) is 14.5 Å².